The molecule has 1 unspecified atom stereocenters. The molecule has 6 nitrogen and oxygen atoms in total. The van der Waals surface area contributed by atoms with E-state index >= 15 is 0 Å². The smallest absolute Gasteiger partial charge is 0.237 e. The Balaban J connectivity index is 1.67. The number of hydrogen-bond acceptors (Lipinski definition) is 5. The molecule has 1 saturated carbocycles. The Morgan fingerprint density at radius 1 is 1.52 bits per heavy atom. The molecular formula is C17H18ClN5OS. The number of halogens is 1. The van der Waals surface area contributed by atoms with Crippen molar-refractivity contribution < 1.29 is 4.79 Å². The summed E-state index contributed by atoms with van der Waals surface area (Å²) in [6.45, 7) is 4.68. The zero-order valence-electron chi connectivity index (χ0n) is 14.0. The first kappa shape index (κ1) is 17.8. The van der Waals surface area contributed by atoms with Crippen LogP contribution >= 0.6 is 23.4 Å². The van der Waals surface area contributed by atoms with Crippen molar-refractivity contribution in [3.63, 3.8) is 0 Å². The maximum absolute atomic E-state index is 12.4. The van der Waals surface area contributed by atoms with Crippen LogP contribution in [-0.4, -0.2) is 25.9 Å². The number of nitrogens with zero attached hydrogens (tertiary/aromatic N) is 4. The average molecular weight is 376 g/mol. The van der Waals surface area contributed by atoms with E-state index in [2.05, 4.69) is 27.0 Å². The Hall–Kier alpha value is -2.04. The standard InChI is InChI=1S/C17H18ClN5OS/c1-3-23-15(11-4-5-11)21-22-17(23)25-10(2)16(24)20-13-7-6-12(9-19)14(18)8-13/h6-8,10-11H,3-5H2,1-2H3,(H,20,24). The molecule has 2 aromatic rings. The van der Waals surface area contributed by atoms with Gasteiger partial charge in [-0.3, -0.25) is 4.79 Å². The second kappa shape index (κ2) is 7.46. The molecule has 0 bridgehead atoms. The van der Waals surface area contributed by atoms with Crippen LogP contribution in [0, 0.1) is 11.3 Å². The maximum atomic E-state index is 12.4. The third kappa shape index (κ3) is 3.97. The van der Waals surface area contributed by atoms with Gasteiger partial charge >= 0.3 is 0 Å². The number of benzene rings is 1. The highest BCUT2D eigenvalue weighted by Crippen LogP contribution is 2.40. The van der Waals surface area contributed by atoms with Crippen molar-refractivity contribution >= 4 is 35.0 Å². The summed E-state index contributed by atoms with van der Waals surface area (Å²) in [4.78, 5) is 12.4. The highest BCUT2D eigenvalue weighted by Gasteiger charge is 2.30. The molecule has 1 N–H and O–H groups in total. The van der Waals surface area contributed by atoms with Gasteiger partial charge in [-0.25, -0.2) is 0 Å². The monoisotopic (exact) mass is 375 g/mol. The zero-order chi connectivity index (χ0) is 18.0. The lowest BCUT2D eigenvalue weighted by atomic mass is 10.2. The van der Waals surface area contributed by atoms with Crippen LogP contribution in [0.5, 0.6) is 0 Å². The molecule has 3 rings (SSSR count). The predicted octanol–water partition coefficient (Wildman–Crippen LogP) is 3.82. The maximum Gasteiger partial charge on any atom is 0.237 e. The molecule has 1 amide bonds. The van der Waals surface area contributed by atoms with Crippen LogP contribution in [-0.2, 0) is 11.3 Å². The number of nitriles is 1. The van der Waals surface area contributed by atoms with Crippen LogP contribution in [0.25, 0.3) is 0 Å². The molecule has 1 fully saturated rings. The third-order valence-corrected chi connectivity index (χ3v) is 5.41. The fourth-order valence-electron chi connectivity index (χ4n) is 2.47. The van der Waals surface area contributed by atoms with Crippen LogP contribution in [0.2, 0.25) is 5.02 Å². The van der Waals surface area contributed by atoms with E-state index in [1.807, 2.05) is 13.0 Å². The molecular weight excluding hydrogens is 358 g/mol. The number of hydrogen-bond donors (Lipinski definition) is 1. The second-order valence-electron chi connectivity index (χ2n) is 5.92. The Morgan fingerprint density at radius 2 is 2.28 bits per heavy atom. The number of rotatable bonds is 6. The highest BCUT2D eigenvalue weighted by atomic mass is 35.5. The number of aromatic nitrogens is 3. The number of anilines is 1. The number of thioether (sulfide) groups is 1. The minimum absolute atomic E-state index is 0.149. The summed E-state index contributed by atoms with van der Waals surface area (Å²) in [6.07, 6.45) is 2.33. The SMILES string of the molecule is CCn1c(SC(C)C(=O)Nc2ccc(C#N)c(Cl)c2)nnc1C1CC1. The van der Waals surface area contributed by atoms with Crippen molar-refractivity contribution in [3.05, 3.63) is 34.6 Å². The highest BCUT2D eigenvalue weighted by molar-refractivity contribution is 8.00. The second-order valence-corrected chi connectivity index (χ2v) is 7.63. The molecule has 1 aliphatic carbocycles. The normalized spacial score (nSPS) is 14.8. The molecule has 1 aliphatic rings. The van der Waals surface area contributed by atoms with Crippen molar-refractivity contribution in [3.8, 4) is 6.07 Å². The first-order chi connectivity index (χ1) is 12.0. The Morgan fingerprint density at radius 3 is 2.88 bits per heavy atom. The van der Waals surface area contributed by atoms with Gasteiger partial charge in [0, 0.05) is 18.2 Å². The Labute approximate surface area is 155 Å². The molecule has 1 atom stereocenters. The molecule has 8 heteroatoms. The zero-order valence-corrected chi connectivity index (χ0v) is 15.6. The van der Waals surface area contributed by atoms with E-state index in [0.29, 0.717) is 22.2 Å². The van der Waals surface area contributed by atoms with Gasteiger partial charge in [-0.15, -0.1) is 10.2 Å². The van der Waals surface area contributed by atoms with E-state index in [-0.39, 0.29) is 11.2 Å². The number of carbonyl (C=O) groups excluding carboxylic acids is 1. The van der Waals surface area contributed by atoms with Crippen LogP contribution < -0.4 is 5.32 Å². The lowest BCUT2D eigenvalue weighted by Crippen LogP contribution is -2.23. The van der Waals surface area contributed by atoms with Crippen molar-refractivity contribution in [1.82, 2.24) is 14.8 Å². The van der Waals surface area contributed by atoms with Crippen molar-refractivity contribution in [2.45, 2.75) is 49.6 Å². The van der Waals surface area contributed by atoms with Gasteiger partial charge in [0.15, 0.2) is 5.16 Å². The van der Waals surface area contributed by atoms with E-state index in [9.17, 15) is 4.79 Å². The molecule has 1 aromatic heterocycles. The lowest BCUT2D eigenvalue weighted by molar-refractivity contribution is -0.115. The summed E-state index contributed by atoms with van der Waals surface area (Å²) in [5.74, 6) is 1.40. The Kier molecular flexibility index (Phi) is 5.30. The summed E-state index contributed by atoms with van der Waals surface area (Å²) in [7, 11) is 0. The van der Waals surface area contributed by atoms with Gasteiger partial charge in [0.25, 0.3) is 0 Å². The molecule has 0 saturated heterocycles. The van der Waals surface area contributed by atoms with Crippen LogP contribution in [0.15, 0.2) is 23.4 Å². The molecule has 1 heterocycles. The van der Waals surface area contributed by atoms with Crippen molar-refractivity contribution in [2.75, 3.05) is 5.32 Å². The predicted molar refractivity (Wildman–Crippen MR) is 97.8 cm³/mol. The van der Waals surface area contributed by atoms with E-state index in [0.717, 1.165) is 30.4 Å². The average Bonchev–Trinajstić information content (AvgIpc) is 3.36. The van der Waals surface area contributed by atoms with Gasteiger partial charge in [-0.2, -0.15) is 5.26 Å². The minimum atomic E-state index is -0.337. The van der Waals surface area contributed by atoms with E-state index in [1.165, 1.54) is 11.8 Å². The van der Waals surface area contributed by atoms with Gasteiger partial charge < -0.3 is 9.88 Å². The summed E-state index contributed by atoms with van der Waals surface area (Å²) < 4.78 is 2.09. The van der Waals surface area contributed by atoms with E-state index < -0.39 is 0 Å². The van der Waals surface area contributed by atoms with Gasteiger partial charge in [0.1, 0.15) is 11.9 Å². The molecule has 0 aliphatic heterocycles. The topological polar surface area (TPSA) is 83.6 Å². The summed E-state index contributed by atoms with van der Waals surface area (Å²) in [6, 6.07) is 6.83. The first-order valence-electron chi connectivity index (χ1n) is 8.13. The van der Waals surface area contributed by atoms with Crippen LogP contribution in [0.1, 0.15) is 44.0 Å². The number of carbonyl (C=O) groups is 1. The molecule has 25 heavy (non-hydrogen) atoms. The van der Waals surface area contributed by atoms with Crippen LogP contribution in [0.3, 0.4) is 0 Å². The lowest BCUT2D eigenvalue weighted by Gasteiger charge is -2.13. The molecule has 0 radical (unpaired) electrons. The summed E-state index contributed by atoms with van der Waals surface area (Å²) >= 11 is 7.39. The minimum Gasteiger partial charge on any atom is -0.325 e. The van der Waals surface area contributed by atoms with Gasteiger partial charge in [-0.05, 0) is 44.9 Å². The largest absolute Gasteiger partial charge is 0.325 e. The molecule has 130 valence electrons. The Bertz CT molecular complexity index is 840. The van der Waals surface area contributed by atoms with Gasteiger partial charge in [0.2, 0.25) is 5.91 Å². The fraction of sp³-hybridized carbons (Fsp3) is 0.412. The van der Waals surface area contributed by atoms with Gasteiger partial charge in [0.05, 0.1) is 15.8 Å². The number of amides is 1. The molecule has 1 aromatic carbocycles. The summed E-state index contributed by atoms with van der Waals surface area (Å²) in [5, 5.41) is 21.0. The number of nitrogens with one attached hydrogen (secondary N) is 1. The fourth-order valence-corrected chi connectivity index (χ4v) is 3.61. The summed E-state index contributed by atoms with van der Waals surface area (Å²) in [5.41, 5.74) is 0.947. The quantitative estimate of drug-likeness (QED) is 0.776. The van der Waals surface area contributed by atoms with E-state index in [4.69, 9.17) is 16.9 Å². The van der Waals surface area contributed by atoms with E-state index in [1.54, 1.807) is 18.2 Å². The third-order valence-electron chi connectivity index (χ3n) is 4.01. The van der Waals surface area contributed by atoms with Crippen LogP contribution in [0.4, 0.5) is 5.69 Å². The first-order valence-corrected chi connectivity index (χ1v) is 9.39. The van der Waals surface area contributed by atoms with Crippen molar-refractivity contribution in [2.24, 2.45) is 0 Å². The molecule has 0 spiro atoms. The van der Waals surface area contributed by atoms with Crippen molar-refractivity contribution in [1.29, 1.82) is 5.26 Å². The van der Waals surface area contributed by atoms with Gasteiger partial charge in [-0.1, -0.05) is 23.4 Å².